The van der Waals surface area contributed by atoms with Crippen molar-refractivity contribution in [3.63, 3.8) is 0 Å². The third-order valence-electron chi connectivity index (χ3n) is 3.97. The zero-order valence-electron chi connectivity index (χ0n) is 11.1. The van der Waals surface area contributed by atoms with E-state index in [-0.39, 0.29) is 6.61 Å². The van der Waals surface area contributed by atoms with E-state index in [4.69, 9.17) is 5.73 Å². The molecule has 0 aliphatic carbocycles. The van der Waals surface area contributed by atoms with Crippen molar-refractivity contribution in [2.45, 2.75) is 58.0 Å². The Hall–Kier alpha value is -0.120. The number of piperidine rings is 1. The minimum absolute atomic E-state index is 0.0722. The fourth-order valence-electron chi connectivity index (χ4n) is 2.67. The largest absolute Gasteiger partial charge is 0.394 e. The van der Waals surface area contributed by atoms with Gasteiger partial charge in [0, 0.05) is 11.6 Å². The molecule has 0 saturated carbocycles. The molecule has 1 saturated heterocycles. The van der Waals surface area contributed by atoms with Gasteiger partial charge in [-0.1, -0.05) is 13.3 Å². The van der Waals surface area contributed by atoms with Crippen LogP contribution in [-0.2, 0) is 0 Å². The van der Waals surface area contributed by atoms with Crippen molar-refractivity contribution < 1.29 is 5.11 Å². The molecule has 2 unspecified atom stereocenters. The summed E-state index contributed by atoms with van der Waals surface area (Å²) < 4.78 is 0. The minimum atomic E-state index is -0.430. The second kappa shape index (κ2) is 5.99. The summed E-state index contributed by atoms with van der Waals surface area (Å²) in [6.45, 7) is 8.91. The highest BCUT2D eigenvalue weighted by Crippen LogP contribution is 2.23. The Morgan fingerprint density at radius 3 is 2.44 bits per heavy atom. The Balaban J connectivity index is 2.36. The molecule has 0 bridgehead atoms. The van der Waals surface area contributed by atoms with Crippen LogP contribution in [0.3, 0.4) is 0 Å². The van der Waals surface area contributed by atoms with Crippen molar-refractivity contribution in [1.29, 1.82) is 0 Å². The molecule has 0 radical (unpaired) electrons. The molecule has 16 heavy (non-hydrogen) atoms. The maximum absolute atomic E-state index is 9.18. The van der Waals surface area contributed by atoms with Crippen LogP contribution in [0.25, 0.3) is 0 Å². The standard InChI is InChI=1S/C13H28N2O/c1-4-12-5-7-15(8-6-12)11(2)9-13(3,14)10-16/h11-12,16H,4-10,14H2,1-3H3. The number of rotatable bonds is 5. The van der Waals surface area contributed by atoms with Crippen molar-refractivity contribution in [3.05, 3.63) is 0 Å². The first-order valence-electron chi connectivity index (χ1n) is 6.62. The first kappa shape index (κ1) is 13.9. The van der Waals surface area contributed by atoms with Crippen molar-refractivity contribution in [3.8, 4) is 0 Å². The fourth-order valence-corrected chi connectivity index (χ4v) is 2.67. The van der Waals surface area contributed by atoms with Crippen LogP contribution in [0.4, 0.5) is 0 Å². The summed E-state index contributed by atoms with van der Waals surface area (Å²) in [7, 11) is 0. The fraction of sp³-hybridized carbons (Fsp3) is 1.00. The first-order chi connectivity index (χ1) is 7.48. The quantitative estimate of drug-likeness (QED) is 0.751. The summed E-state index contributed by atoms with van der Waals surface area (Å²) >= 11 is 0. The van der Waals surface area contributed by atoms with Crippen molar-refractivity contribution in [2.75, 3.05) is 19.7 Å². The highest BCUT2D eigenvalue weighted by molar-refractivity contribution is 4.85. The molecule has 3 heteroatoms. The summed E-state index contributed by atoms with van der Waals surface area (Å²) in [5.41, 5.74) is 5.57. The van der Waals surface area contributed by atoms with E-state index < -0.39 is 5.54 Å². The number of nitrogens with zero attached hydrogens (tertiary/aromatic N) is 1. The van der Waals surface area contributed by atoms with Gasteiger partial charge in [0.05, 0.1) is 6.61 Å². The lowest BCUT2D eigenvalue weighted by molar-refractivity contribution is 0.103. The van der Waals surface area contributed by atoms with Gasteiger partial charge in [0.25, 0.3) is 0 Å². The van der Waals surface area contributed by atoms with Gasteiger partial charge in [0.15, 0.2) is 0 Å². The van der Waals surface area contributed by atoms with Gasteiger partial charge in [-0.25, -0.2) is 0 Å². The second-order valence-electron chi connectivity index (χ2n) is 5.75. The maximum atomic E-state index is 9.18. The SMILES string of the molecule is CCC1CCN(C(C)CC(C)(N)CO)CC1. The normalized spacial score (nSPS) is 25.3. The topological polar surface area (TPSA) is 49.5 Å². The second-order valence-corrected chi connectivity index (χ2v) is 5.75. The Kier molecular flexibility index (Phi) is 5.22. The molecule has 0 aromatic rings. The van der Waals surface area contributed by atoms with Crippen LogP contribution >= 0.6 is 0 Å². The van der Waals surface area contributed by atoms with Crippen molar-refractivity contribution in [1.82, 2.24) is 4.90 Å². The molecule has 0 spiro atoms. The summed E-state index contributed by atoms with van der Waals surface area (Å²) in [6.07, 6.45) is 4.83. The van der Waals surface area contributed by atoms with Gasteiger partial charge in [-0.05, 0) is 52.1 Å². The highest BCUT2D eigenvalue weighted by atomic mass is 16.3. The van der Waals surface area contributed by atoms with Gasteiger partial charge in [-0.2, -0.15) is 0 Å². The van der Waals surface area contributed by atoms with Crippen LogP contribution in [0.15, 0.2) is 0 Å². The van der Waals surface area contributed by atoms with E-state index in [1.165, 1.54) is 32.4 Å². The van der Waals surface area contributed by atoms with Gasteiger partial charge in [-0.15, -0.1) is 0 Å². The third-order valence-corrected chi connectivity index (χ3v) is 3.97. The molecule has 1 fully saturated rings. The number of hydrogen-bond donors (Lipinski definition) is 2. The molecule has 3 N–H and O–H groups in total. The van der Waals surface area contributed by atoms with E-state index in [2.05, 4.69) is 18.7 Å². The molecule has 1 aliphatic heterocycles. The van der Waals surface area contributed by atoms with Gasteiger partial charge < -0.3 is 15.7 Å². The number of nitrogens with two attached hydrogens (primary N) is 1. The molecular formula is C13H28N2O. The molecule has 1 rings (SSSR count). The zero-order valence-corrected chi connectivity index (χ0v) is 11.1. The molecule has 1 aliphatic rings. The molecule has 1 heterocycles. The van der Waals surface area contributed by atoms with Gasteiger partial charge in [0.2, 0.25) is 0 Å². The van der Waals surface area contributed by atoms with E-state index in [1.807, 2.05) is 6.92 Å². The molecule has 3 nitrogen and oxygen atoms in total. The lowest BCUT2D eigenvalue weighted by Crippen LogP contribution is -2.48. The van der Waals surface area contributed by atoms with Crippen LogP contribution < -0.4 is 5.73 Å². The first-order valence-corrected chi connectivity index (χ1v) is 6.62. The molecule has 0 aromatic carbocycles. The molecule has 96 valence electrons. The zero-order chi connectivity index (χ0) is 12.2. The van der Waals surface area contributed by atoms with E-state index in [0.29, 0.717) is 6.04 Å². The average Bonchev–Trinajstić information content (AvgIpc) is 2.28. The molecule has 0 aromatic heterocycles. The number of hydrogen-bond acceptors (Lipinski definition) is 3. The lowest BCUT2D eigenvalue weighted by atomic mass is 9.90. The van der Waals surface area contributed by atoms with E-state index in [0.717, 1.165) is 12.3 Å². The summed E-state index contributed by atoms with van der Waals surface area (Å²) in [5, 5.41) is 9.18. The van der Waals surface area contributed by atoms with E-state index >= 15 is 0 Å². The van der Waals surface area contributed by atoms with Crippen molar-refractivity contribution >= 4 is 0 Å². The lowest BCUT2D eigenvalue weighted by Gasteiger charge is -2.38. The average molecular weight is 228 g/mol. The van der Waals surface area contributed by atoms with Crippen LogP contribution in [0.2, 0.25) is 0 Å². The third kappa shape index (κ3) is 4.04. The summed E-state index contributed by atoms with van der Waals surface area (Å²) in [6, 6.07) is 0.486. The molecule has 2 atom stereocenters. The predicted molar refractivity (Wildman–Crippen MR) is 68.3 cm³/mol. The summed E-state index contributed by atoms with van der Waals surface area (Å²) in [4.78, 5) is 2.52. The molecular weight excluding hydrogens is 200 g/mol. The Bertz CT molecular complexity index is 198. The van der Waals surface area contributed by atoms with Crippen LogP contribution in [0.5, 0.6) is 0 Å². The van der Waals surface area contributed by atoms with Gasteiger partial charge in [0.1, 0.15) is 0 Å². The summed E-state index contributed by atoms with van der Waals surface area (Å²) in [5.74, 6) is 0.922. The van der Waals surface area contributed by atoms with Gasteiger partial charge in [-0.3, -0.25) is 0 Å². The Morgan fingerprint density at radius 2 is 2.00 bits per heavy atom. The number of aliphatic hydroxyl groups is 1. The Labute approximate surface area is 100 Å². The smallest absolute Gasteiger partial charge is 0.0609 e. The maximum Gasteiger partial charge on any atom is 0.0609 e. The van der Waals surface area contributed by atoms with Crippen LogP contribution in [0, 0.1) is 5.92 Å². The number of likely N-dealkylation sites (tertiary alicyclic amines) is 1. The van der Waals surface area contributed by atoms with Crippen LogP contribution in [0.1, 0.15) is 46.5 Å². The Morgan fingerprint density at radius 1 is 1.44 bits per heavy atom. The highest BCUT2D eigenvalue weighted by Gasteiger charge is 2.27. The molecule has 0 amide bonds. The van der Waals surface area contributed by atoms with E-state index in [1.54, 1.807) is 0 Å². The predicted octanol–water partition coefficient (Wildman–Crippen LogP) is 1.60. The van der Waals surface area contributed by atoms with E-state index in [9.17, 15) is 5.11 Å². The monoisotopic (exact) mass is 228 g/mol. The van der Waals surface area contributed by atoms with Crippen LogP contribution in [-0.4, -0.2) is 41.3 Å². The van der Waals surface area contributed by atoms with Gasteiger partial charge >= 0.3 is 0 Å². The van der Waals surface area contributed by atoms with Crippen molar-refractivity contribution in [2.24, 2.45) is 11.7 Å². The number of aliphatic hydroxyl groups excluding tert-OH is 1. The minimum Gasteiger partial charge on any atom is -0.394 e.